The topological polar surface area (TPSA) is 118 Å². The lowest BCUT2D eigenvalue weighted by molar-refractivity contribution is -0.129. The van der Waals surface area contributed by atoms with Crippen LogP contribution in [-0.4, -0.2) is 48.3 Å². The summed E-state index contributed by atoms with van der Waals surface area (Å²) in [7, 11) is 0. The van der Waals surface area contributed by atoms with Gasteiger partial charge in [-0.1, -0.05) is 31.5 Å². The average molecular weight is 499 g/mol. The van der Waals surface area contributed by atoms with Crippen molar-refractivity contribution in [1.29, 1.82) is 0 Å². The number of rotatable bonds is 10. The van der Waals surface area contributed by atoms with E-state index in [1.807, 2.05) is 51.2 Å². The lowest BCUT2D eigenvalue weighted by Gasteiger charge is -2.13. The van der Waals surface area contributed by atoms with Crippen molar-refractivity contribution in [3.8, 4) is 11.1 Å². The molecule has 0 radical (unpaired) electrons. The van der Waals surface area contributed by atoms with Crippen molar-refractivity contribution in [2.75, 3.05) is 11.9 Å². The van der Waals surface area contributed by atoms with Gasteiger partial charge in [0.2, 0.25) is 5.65 Å². The first-order valence-electron chi connectivity index (χ1n) is 11.8. The molecule has 1 atom stereocenters. The second-order valence-electron chi connectivity index (χ2n) is 9.16. The average Bonchev–Trinajstić information content (AvgIpc) is 3.37. The number of anilines is 1. The molecule has 188 valence electrons. The van der Waals surface area contributed by atoms with E-state index in [9.17, 15) is 9.90 Å². The number of hydrogen-bond acceptors (Lipinski definition) is 8. The Kier molecular flexibility index (Phi) is 8.50. The molecule has 0 aliphatic carbocycles. The lowest BCUT2D eigenvalue weighted by atomic mass is 9.99. The molecule has 0 unspecified atom stereocenters. The molecular weight excluding hydrogens is 464 g/mol. The highest BCUT2D eigenvalue weighted by molar-refractivity contribution is 7.59. The molecular formula is C25H34N6O3S. The quantitative estimate of drug-likeness (QED) is 0.306. The van der Waals surface area contributed by atoms with E-state index in [0.717, 1.165) is 58.7 Å². The summed E-state index contributed by atoms with van der Waals surface area (Å²) < 4.78 is 7.36. The first-order chi connectivity index (χ1) is 16.3. The molecule has 35 heavy (non-hydrogen) atoms. The van der Waals surface area contributed by atoms with E-state index in [0.29, 0.717) is 24.4 Å². The van der Waals surface area contributed by atoms with Crippen molar-refractivity contribution in [2.45, 2.75) is 66.4 Å². The molecule has 3 aromatic heterocycles. The highest BCUT2D eigenvalue weighted by Gasteiger charge is 2.18. The number of unbranched alkanes of at least 4 members (excludes halogenated alkanes) is 2. The molecule has 4 rings (SSSR count). The van der Waals surface area contributed by atoms with E-state index in [2.05, 4.69) is 26.7 Å². The molecule has 1 aromatic carbocycles. The molecule has 2 N–H and O–H groups in total. The summed E-state index contributed by atoms with van der Waals surface area (Å²) in [5.41, 5.74) is 5.28. The zero-order chi connectivity index (χ0) is 24.4. The number of fused-ring (bicyclic) bond motifs is 3. The summed E-state index contributed by atoms with van der Waals surface area (Å²) in [6.45, 7) is 10.2. The molecule has 0 fully saturated rings. The number of carbonyl (C=O) groups excluding carboxylic acids is 1. The molecule has 0 saturated heterocycles. The first-order valence-corrected chi connectivity index (χ1v) is 11.8. The Morgan fingerprint density at radius 2 is 1.91 bits per heavy atom. The van der Waals surface area contributed by atoms with Crippen molar-refractivity contribution in [2.24, 2.45) is 5.92 Å². The Morgan fingerprint density at radius 1 is 1.14 bits per heavy atom. The second-order valence-corrected chi connectivity index (χ2v) is 9.16. The number of aliphatic hydroxyl groups excluding tert-OH is 1. The third kappa shape index (κ3) is 5.48. The SMILES string of the molecule is Cc1noc(C)c1-c1ccc2nc(NCCCCCC(=O)[C@@H](O)C(C)C)c3nnc(C)n3c2c1.S. The fourth-order valence-corrected chi connectivity index (χ4v) is 4.27. The number of Topliss-reactive ketones (excluding diaryl/α,β-unsaturated/α-hetero) is 1. The molecule has 10 heteroatoms. The van der Waals surface area contributed by atoms with E-state index in [1.165, 1.54) is 0 Å². The zero-order valence-electron chi connectivity index (χ0n) is 20.9. The first kappa shape index (κ1) is 26.6. The number of nitrogens with zero attached hydrogens (tertiary/aromatic N) is 5. The van der Waals surface area contributed by atoms with Gasteiger partial charge in [-0.15, -0.1) is 10.2 Å². The van der Waals surface area contributed by atoms with Gasteiger partial charge in [0.25, 0.3) is 0 Å². The maximum atomic E-state index is 11.9. The summed E-state index contributed by atoms with van der Waals surface area (Å²) >= 11 is 0. The Bertz CT molecular complexity index is 1310. The van der Waals surface area contributed by atoms with Gasteiger partial charge in [-0.25, -0.2) is 4.98 Å². The van der Waals surface area contributed by atoms with Gasteiger partial charge in [0.05, 0.1) is 16.7 Å². The van der Waals surface area contributed by atoms with Crippen molar-refractivity contribution in [1.82, 2.24) is 24.7 Å². The molecule has 0 saturated carbocycles. The normalized spacial score (nSPS) is 12.3. The van der Waals surface area contributed by atoms with Crippen LogP contribution in [0.2, 0.25) is 0 Å². The molecule has 9 nitrogen and oxygen atoms in total. The van der Waals surface area contributed by atoms with E-state index in [4.69, 9.17) is 9.51 Å². The van der Waals surface area contributed by atoms with Gasteiger partial charge in [-0.05, 0) is 57.2 Å². The van der Waals surface area contributed by atoms with Crippen molar-refractivity contribution < 1.29 is 14.4 Å². The fraction of sp³-hybridized carbons (Fsp3) is 0.480. The minimum absolute atomic E-state index is 0. The van der Waals surface area contributed by atoms with Crippen LogP contribution in [0.5, 0.6) is 0 Å². The molecule has 0 aliphatic heterocycles. The highest BCUT2D eigenvalue weighted by Crippen LogP contribution is 2.31. The van der Waals surface area contributed by atoms with Crippen LogP contribution in [0, 0.1) is 26.7 Å². The number of carbonyl (C=O) groups is 1. The number of ketones is 1. The van der Waals surface area contributed by atoms with E-state index >= 15 is 0 Å². The van der Waals surface area contributed by atoms with Gasteiger partial charge >= 0.3 is 0 Å². The maximum Gasteiger partial charge on any atom is 0.204 e. The minimum atomic E-state index is -0.859. The summed E-state index contributed by atoms with van der Waals surface area (Å²) in [6, 6.07) is 6.09. The fourth-order valence-electron chi connectivity index (χ4n) is 4.27. The Morgan fingerprint density at radius 3 is 2.60 bits per heavy atom. The smallest absolute Gasteiger partial charge is 0.204 e. The third-order valence-corrected chi connectivity index (χ3v) is 6.16. The number of aryl methyl sites for hydroxylation is 3. The van der Waals surface area contributed by atoms with Gasteiger partial charge in [0.15, 0.2) is 11.6 Å². The molecule has 3 heterocycles. The van der Waals surface area contributed by atoms with Crippen molar-refractivity contribution in [3.05, 3.63) is 35.5 Å². The largest absolute Gasteiger partial charge is 0.385 e. The van der Waals surface area contributed by atoms with Gasteiger partial charge in [-0.3, -0.25) is 9.20 Å². The maximum absolute atomic E-state index is 11.9. The number of benzene rings is 1. The summed E-state index contributed by atoms with van der Waals surface area (Å²) in [4.78, 5) is 16.8. The van der Waals surface area contributed by atoms with Crippen LogP contribution >= 0.6 is 13.5 Å². The minimum Gasteiger partial charge on any atom is -0.385 e. The number of hydrogen-bond donors (Lipinski definition) is 2. The molecule has 4 aromatic rings. The molecule has 0 amide bonds. The number of aliphatic hydroxyl groups is 1. The van der Waals surface area contributed by atoms with Crippen molar-refractivity contribution in [3.63, 3.8) is 0 Å². The van der Waals surface area contributed by atoms with Crippen LogP contribution in [-0.2, 0) is 4.79 Å². The van der Waals surface area contributed by atoms with Gasteiger partial charge in [0, 0.05) is 18.5 Å². The Balaban J connectivity index is 0.00000342. The van der Waals surface area contributed by atoms with Crippen LogP contribution in [0.1, 0.15) is 56.8 Å². The predicted molar refractivity (Wildman–Crippen MR) is 141 cm³/mol. The lowest BCUT2D eigenvalue weighted by Crippen LogP contribution is -2.25. The molecule has 0 spiro atoms. The summed E-state index contributed by atoms with van der Waals surface area (Å²) in [5.74, 6) is 2.13. The second kappa shape index (κ2) is 11.2. The monoisotopic (exact) mass is 498 g/mol. The Hall–Kier alpha value is -2.98. The molecule has 0 aliphatic rings. The zero-order valence-corrected chi connectivity index (χ0v) is 21.9. The highest BCUT2D eigenvalue weighted by atomic mass is 32.1. The van der Waals surface area contributed by atoms with E-state index in [1.54, 1.807) is 0 Å². The Labute approximate surface area is 211 Å². The number of aromatic nitrogens is 5. The van der Waals surface area contributed by atoms with Gasteiger partial charge < -0.3 is 14.9 Å². The summed E-state index contributed by atoms with van der Waals surface area (Å²) in [6.07, 6.45) is 2.09. The van der Waals surface area contributed by atoms with Crippen LogP contribution in [0.3, 0.4) is 0 Å². The van der Waals surface area contributed by atoms with Crippen molar-refractivity contribution >= 4 is 41.8 Å². The standard InChI is InChI=1S/C25H32N6O3.H2S/c1-14(2)23(33)21(32)9-7-6-8-12-26-24-25-29-28-17(5)31(25)20-13-18(10-11-19(20)27-24)22-15(3)30-34-16(22)4;/h10-11,13-14,23,33H,6-9,12H2,1-5H3,(H,26,27);1H2/t23-;/m0./s1. The van der Waals surface area contributed by atoms with Crippen LogP contribution < -0.4 is 5.32 Å². The van der Waals surface area contributed by atoms with E-state index in [-0.39, 0.29) is 25.2 Å². The van der Waals surface area contributed by atoms with Crippen LogP contribution in [0.15, 0.2) is 22.7 Å². The molecule has 0 bridgehead atoms. The number of nitrogens with one attached hydrogen (secondary N) is 1. The van der Waals surface area contributed by atoms with Gasteiger partial charge in [-0.2, -0.15) is 13.5 Å². The third-order valence-electron chi connectivity index (χ3n) is 6.16. The van der Waals surface area contributed by atoms with Crippen LogP contribution in [0.25, 0.3) is 27.8 Å². The predicted octanol–water partition coefficient (Wildman–Crippen LogP) is 4.53. The van der Waals surface area contributed by atoms with Crippen LogP contribution in [0.4, 0.5) is 5.82 Å². The van der Waals surface area contributed by atoms with E-state index < -0.39 is 6.10 Å². The summed E-state index contributed by atoms with van der Waals surface area (Å²) in [5, 5.41) is 25.9. The van der Waals surface area contributed by atoms with Gasteiger partial charge in [0.1, 0.15) is 17.7 Å².